The van der Waals surface area contributed by atoms with E-state index in [1.165, 1.54) is 24.3 Å². The van der Waals surface area contributed by atoms with Crippen molar-refractivity contribution in [3.63, 3.8) is 0 Å². The molecular weight excluding hydrogens is 421 g/mol. The number of fused-ring (bicyclic) bond motifs is 1. The molecule has 1 N–H and O–H groups in total. The van der Waals surface area contributed by atoms with Crippen LogP contribution in [0.25, 0.3) is 11.0 Å². The maximum Gasteiger partial charge on any atom is 0.289 e. The van der Waals surface area contributed by atoms with Crippen LogP contribution in [0.1, 0.15) is 37.2 Å². The number of rotatable bonds is 5. The summed E-state index contributed by atoms with van der Waals surface area (Å²) >= 11 is 6.03. The summed E-state index contributed by atoms with van der Waals surface area (Å²) in [5.74, 6) is 0.266. The monoisotopic (exact) mass is 445 g/mol. The molecule has 1 fully saturated rings. The van der Waals surface area contributed by atoms with Gasteiger partial charge in [0.25, 0.3) is 5.91 Å². The molecule has 2 heterocycles. The summed E-state index contributed by atoms with van der Waals surface area (Å²) in [5, 5.41) is 12.7. The molecule has 0 unspecified atom stereocenters. The number of benzene rings is 2. The van der Waals surface area contributed by atoms with Gasteiger partial charge in [-0.1, -0.05) is 25.4 Å². The van der Waals surface area contributed by atoms with Gasteiger partial charge in [-0.05, 0) is 67.3 Å². The lowest BCUT2D eigenvalue weighted by Crippen LogP contribution is -2.59. The van der Waals surface area contributed by atoms with E-state index in [1.54, 1.807) is 29.2 Å². The third kappa shape index (κ3) is 4.70. The molecule has 0 bridgehead atoms. The average Bonchev–Trinajstić information content (AvgIpc) is 3.13. The van der Waals surface area contributed by atoms with Crippen LogP contribution in [0.5, 0.6) is 5.75 Å². The molecule has 1 aliphatic rings. The maximum absolute atomic E-state index is 13.3. The molecule has 1 amide bonds. The molecule has 7 heteroatoms. The number of carbonyl (C=O) groups excluding carboxylic acids is 1. The van der Waals surface area contributed by atoms with Crippen LogP contribution in [-0.4, -0.2) is 40.7 Å². The maximum atomic E-state index is 13.3. The number of furan rings is 1. The summed E-state index contributed by atoms with van der Waals surface area (Å²) in [6, 6.07) is 12.5. The Morgan fingerprint density at radius 3 is 2.74 bits per heavy atom. The second-order valence-electron chi connectivity index (χ2n) is 8.56. The lowest BCUT2D eigenvalue weighted by molar-refractivity contribution is -0.111. The van der Waals surface area contributed by atoms with Gasteiger partial charge in [0.05, 0.1) is 6.54 Å². The number of piperidine rings is 1. The highest BCUT2D eigenvalue weighted by molar-refractivity contribution is 6.31. The van der Waals surface area contributed by atoms with Gasteiger partial charge in [0.15, 0.2) is 5.76 Å². The Balaban J connectivity index is 1.57. The third-order valence-electron chi connectivity index (χ3n) is 5.63. The Bertz CT molecular complexity index is 1080. The molecule has 3 aromatic rings. The quantitative estimate of drug-likeness (QED) is 0.579. The number of aliphatic hydroxyl groups is 1. The standard InChI is InChI=1S/C24H25ClFNO4/c1-15(2)13-24(29)9-10-27(14-22(24)30-19-6-4-18(26)5-7-19)23(28)21-12-16-11-17(25)3-8-20(16)31-21/h3-8,11-12,15,22,29H,9-10,13-14H2,1-2H3/t22-,24+/m0/s1. The van der Waals surface area contributed by atoms with Crippen molar-refractivity contribution in [3.8, 4) is 5.75 Å². The zero-order valence-electron chi connectivity index (χ0n) is 17.5. The van der Waals surface area contributed by atoms with Crippen LogP contribution in [0.15, 0.2) is 52.9 Å². The Morgan fingerprint density at radius 1 is 1.29 bits per heavy atom. The molecule has 0 radical (unpaired) electrons. The fourth-order valence-corrected chi connectivity index (χ4v) is 4.36. The molecule has 2 aromatic carbocycles. The van der Waals surface area contributed by atoms with Crippen LogP contribution in [0.3, 0.4) is 0 Å². The lowest BCUT2D eigenvalue weighted by atomic mass is 9.81. The number of ether oxygens (including phenoxy) is 1. The normalized spacial score (nSPS) is 21.6. The fourth-order valence-electron chi connectivity index (χ4n) is 4.18. The van der Waals surface area contributed by atoms with Crippen molar-refractivity contribution in [1.29, 1.82) is 0 Å². The third-order valence-corrected chi connectivity index (χ3v) is 5.87. The van der Waals surface area contributed by atoms with Gasteiger partial charge in [-0.3, -0.25) is 4.79 Å². The zero-order valence-corrected chi connectivity index (χ0v) is 18.2. The first kappa shape index (κ1) is 21.7. The van der Waals surface area contributed by atoms with Gasteiger partial charge in [0.1, 0.15) is 28.9 Å². The number of carbonyl (C=O) groups is 1. The number of likely N-dealkylation sites (tertiary alicyclic amines) is 1. The van der Waals surface area contributed by atoms with Gasteiger partial charge >= 0.3 is 0 Å². The predicted molar refractivity (Wildman–Crippen MR) is 117 cm³/mol. The summed E-state index contributed by atoms with van der Waals surface area (Å²) in [6.45, 7) is 4.63. The second-order valence-corrected chi connectivity index (χ2v) is 8.99. The van der Waals surface area contributed by atoms with Crippen molar-refractivity contribution in [2.45, 2.75) is 38.4 Å². The van der Waals surface area contributed by atoms with Crippen LogP contribution < -0.4 is 4.74 Å². The number of halogens is 2. The molecule has 0 aliphatic carbocycles. The Hall–Kier alpha value is -2.57. The molecule has 0 saturated carbocycles. The van der Waals surface area contributed by atoms with E-state index in [-0.39, 0.29) is 29.9 Å². The first-order valence-electron chi connectivity index (χ1n) is 10.4. The lowest BCUT2D eigenvalue weighted by Gasteiger charge is -2.44. The van der Waals surface area contributed by atoms with Crippen LogP contribution in [0.2, 0.25) is 5.02 Å². The Labute approximate surface area is 185 Å². The first-order chi connectivity index (χ1) is 14.7. The van der Waals surface area contributed by atoms with Gasteiger partial charge < -0.3 is 19.2 Å². The van der Waals surface area contributed by atoms with Gasteiger partial charge in [-0.15, -0.1) is 0 Å². The summed E-state index contributed by atoms with van der Waals surface area (Å²) in [7, 11) is 0. The van der Waals surface area contributed by atoms with Crippen LogP contribution >= 0.6 is 11.6 Å². The molecule has 4 rings (SSSR count). The van der Waals surface area contributed by atoms with Gasteiger partial charge in [-0.25, -0.2) is 4.39 Å². The van der Waals surface area contributed by atoms with Gasteiger partial charge in [0.2, 0.25) is 0 Å². The van der Waals surface area contributed by atoms with Crippen molar-refractivity contribution in [3.05, 3.63) is 65.1 Å². The molecule has 0 spiro atoms. The van der Waals surface area contributed by atoms with Crippen molar-refractivity contribution in [2.75, 3.05) is 13.1 Å². The number of hydrogen-bond donors (Lipinski definition) is 1. The molecule has 164 valence electrons. The van der Waals surface area contributed by atoms with E-state index >= 15 is 0 Å². The van der Waals surface area contributed by atoms with E-state index in [1.807, 2.05) is 13.8 Å². The molecular formula is C24H25ClFNO4. The van der Waals surface area contributed by atoms with Crippen molar-refractivity contribution >= 4 is 28.5 Å². The minimum absolute atomic E-state index is 0.192. The SMILES string of the molecule is CC(C)C[C@]1(O)CCN(C(=O)c2cc3cc(Cl)ccc3o2)C[C@@H]1Oc1ccc(F)cc1. The van der Waals surface area contributed by atoms with Crippen LogP contribution in [0, 0.1) is 11.7 Å². The predicted octanol–water partition coefficient (Wildman–Crippen LogP) is 5.30. The van der Waals surface area contributed by atoms with E-state index in [2.05, 4.69) is 0 Å². The topological polar surface area (TPSA) is 62.9 Å². The minimum atomic E-state index is -1.10. The highest BCUT2D eigenvalue weighted by atomic mass is 35.5. The van der Waals surface area contributed by atoms with E-state index < -0.39 is 11.7 Å². The second kappa shape index (κ2) is 8.52. The average molecular weight is 446 g/mol. The molecule has 1 aliphatic heterocycles. The first-order valence-corrected chi connectivity index (χ1v) is 10.7. The summed E-state index contributed by atoms with van der Waals surface area (Å²) in [5.41, 5.74) is -0.513. The summed E-state index contributed by atoms with van der Waals surface area (Å²) in [4.78, 5) is 14.8. The van der Waals surface area contributed by atoms with E-state index in [0.29, 0.717) is 35.7 Å². The van der Waals surface area contributed by atoms with E-state index in [4.69, 9.17) is 20.8 Å². The molecule has 1 saturated heterocycles. The van der Waals surface area contributed by atoms with Crippen molar-refractivity contribution < 1.29 is 23.4 Å². The van der Waals surface area contributed by atoms with Crippen LogP contribution in [0.4, 0.5) is 4.39 Å². The Morgan fingerprint density at radius 2 is 2.03 bits per heavy atom. The van der Waals surface area contributed by atoms with E-state index in [0.717, 1.165) is 5.39 Å². The zero-order chi connectivity index (χ0) is 22.2. The molecule has 2 atom stereocenters. The minimum Gasteiger partial charge on any atom is -0.486 e. The highest BCUT2D eigenvalue weighted by Crippen LogP contribution is 2.33. The molecule has 31 heavy (non-hydrogen) atoms. The summed E-state index contributed by atoms with van der Waals surface area (Å²) < 4.78 is 25.1. The number of hydrogen-bond acceptors (Lipinski definition) is 4. The van der Waals surface area contributed by atoms with Crippen LogP contribution in [-0.2, 0) is 0 Å². The van der Waals surface area contributed by atoms with Crippen molar-refractivity contribution in [2.24, 2.45) is 5.92 Å². The van der Waals surface area contributed by atoms with Gasteiger partial charge in [-0.2, -0.15) is 0 Å². The van der Waals surface area contributed by atoms with Crippen molar-refractivity contribution in [1.82, 2.24) is 4.90 Å². The fraction of sp³-hybridized carbons (Fsp3) is 0.375. The Kier molecular flexibility index (Phi) is 5.95. The van der Waals surface area contributed by atoms with E-state index in [9.17, 15) is 14.3 Å². The number of nitrogens with zero attached hydrogens (tertiary/aromatic N) is 1. The highest BCUT2D eigenvalue weighted by Gasteiger charge is 2.45. The number of amides is 1. The largest absolute Gasteiger partial charge is 0.486 e. The summed E-state index contributed by atoms with van der Waals surface area (Å²) in [6.07, 6.45) is 0.246. The molecule has 1 aromatic heterocycles. The van der Waals surface area contributed by atoms with Gasteiger partial charge in [0, 0.05) is 17.0 Å². The smallest absolute Gasteiger partial charge is 0.289 e. The molecule has 5 nitrogen and oxygen atoms in total.